The van der Waals surface area contributed by atoms with Crippen molar-refractivity contribution in [2.24, 2.45) is 5.92 Å². The molecule has 1 rings (SSSR count). The number of benzene rings is 1. The molecule has 0 aliphatic rings. The number of carbonyl (C=O) groups is 2. The van der Waals surface area contributed by atoms with Crippen LogP contribution < -0.4 is 21.5 Å². The van der Waals surface area contributed by atoms with Crippen molar-refractivity contribution in [3.63, 3.8) is 0 Å². The van der Waals surface area contributed by atoms with Gasteiger partial charge in [0.15, 0.2) is 5.11 Å². The number of thiocarbonyl (C=S) groups is 1. The molecule has 7 nitrogen and oxygen atoms in total. The Morgan fingerprint density at radius 2 is 1.74 bits per heavy atom. The van der Waals surface area contributed by atoms with E-state index in [9.17, 15) is 9.59 Å². The van der Waals surface area contributed by atoms with Crippen LogP contribution in [0.15, 0.2) is 24.3 Å². The molecular weight excluding hydrogens is 388 g/mol. The summed E-state index contributed by atoms with van der Waals surface area (Å²) in [4.78, 5) is 24.9. The molecule has 0 unspecified atom stereocenters. The minimum Gasteiger partial charge on any atom is -0.383 e. The molecule has 0 saturated heterocycles. The molecule has 0 radical (unpaired) electrons. The zero-order valence-corrected chi connectivity index (χ0v) is 17.5. The monoisotopic (exact) mass is 414 g/mol. The first-order valence-corrected chi connectivity index (χ1v) is 9.43. The molecule has 9 heteroatoms. The van der Waals surface area contributed by atoms with E-state index in [0.29, 0.717) is 23.6 Å². The van der Waals surface area contributed by atoms with Gasteiger partial charge in [-0.15, -0.1) is 0 Å². The van der Waals surface area contributed by atoms with E-state index in [2.05, 4.69) is 21.5 Å². The van der Waals surface area contributed by atoms with Crippen LogP contribution in [0, 0.1) is 5.92 Å². The topological polar surface area (TPSA) is 91.5 Å². The van der Waals surface area contributed by atoms with Crippen molar-refractivity contribution in [1.82, 2.24) is 21.5 Å². The van der Waals surface area contributed by atoms with Gasteiger partial charge in [0.25, 0.3) is 11.8 Å². The molecule has 2 amide bonds. The maximum absolute atomic E-state index is 12.5. The van der Waals surface area contributed by atoms with E-state index in [4.69, 9.17) is 28.6 Å². The number of nitrogens with one attached hydrogen (secondary N) is 4. The fourth-order valence-corrected chi connectivity index (χ4v) is 2.68. The molecule has 0 bridgehead atoms. The van der Waals surface area contributed by atoms with Gasteiger partial charge in [-0.05, 0) is 55.7 Å². The van der Waals surface area contributed by atoms with E-state index in [-0.39, 0.29) is 28.9 Å². The summed E-state index contributed by atoms with van der Waals surface area (Å²) in [6, 6.07) is 5.75. The number of hydrazine groups is 1. The smallest absolute Gasteiger partial charge is 0.260 e. The van der Waals surface area contributed by atoms with Gasteiger partial charge in [-0.1, -0.05) is 25.4 Å². The molecule has 0 aromatic heterocycles. The summed E-state index contributed by atoms with van der Waals surface area (Å²) < 4.78 is 5.01. The van der Waals surface area contributed by atoms with Crippen LogP contribution >= 0.6 is 23.8 Å². The molecule has 1 aromatic carbocycles. The van der Waals surface area contributed by atoms with Gasteiger partial charge in [-0.3, -0.25) is 20.4 Å². The van der Waals surface area contributed by atoms with Gasteiger partial charge >= 0.3 is 0 Å². The molecule has 4 N–H and O–H groups in total. The predicted octanol–water partition coefficient (Wildman–Crippen LogP) is 2.01. The first-order valence-electron chi connectivity index (χ1n) is 8.64. The van der Waals surface area contributed by atoms with Crippen molar-refractivity contribution in [3.8, 4) is 0 Å². The SMILES string of the molecule is COC[C@@H](C)NC(=S)NNC(=O)[C@H](CC(C)C)NC(=O)c1ccc(Cl)cc1. The Balaban J connectivity index is 2.64. The number of hydrogen-bond acceptors (Lipinski definition) is 4. The summed E-state index contributed by atoms with van der Waals surface area (Å²) in [6.07, 6.45) is 0.479. The van der Waals surface area contributed by atoms with E-state index in [1.807, 2.05) is 20.8 Å². The lowest BCUT2D eigenvalue weighted by molar-refractivity contribution is -0.123. The maximum atomic E-state index is 12.5. The van der Waals surface area contributed by atoms with Crippen LogP contribution in [0.5, 0.6) is 0 Å². The normalized spacial score (nSPS) is 12.8. The molecule has 2 atom stereocenters. The van der Waals surface area contributed by atoms with Crippen molar-refractivity contribution >= 4 is 40.7 Å². The highest BCUT2D eigenvalue weighted by atomic mass is 35.5. The standard InChI is InChI=1S/C18H27ClN4O3S/c1-11(2)9-15(21-16(24)13-5-7-14(19)8-6-13)17(25)22-23-18(27)20-12(3)10-26-4/h5-8,11-12,15H,9-10H2,1-4H3,(H,21,24)(H,22,25)(H2,20,23,27)/t12-,15+/m1/s1. The molecule has 0 spiro atoms. The minimum atomic E-state index is -0.708. The Bertz CT molecular complexity index is 640. The molecule has 0 aliphatic carbocycles. The Hall–Kier alpha value is -1.90. The lowest BCUT2D eigenvalue weighted by Gasteiger charge is -2.22. The number of carbonyl (C=O) groups excluding carboxylic acids is 2. The van der Waals surface area contributed by atoms with Gasteiger partial charge in [0.2, 0.25) is 0 Å². The number of ether oxygens (including phenoxy) is 1. The Morgan fingerprint density at radius 3 is 2.30 bits per heavy atom. The van der Waals surface area contributed by atoms with Crippen LogP contribution in [0.2, 0.25) is 5.02 Å². The Kier molecular flexibility index (Phi) is 10.1. The second-order valence-corrected chi connectivity index (χ2v) is 7.45. The third kappa shape index (κ3) is 9.03. The molecule has 0 aliphatic heterocycles. The minimum absolute atomic E-state index is 0.0111. The van der Waals surface area contributed by atoms with Crippen LogP contribution in [-0.2, 0) is 9.53 Å². The van der Waals surface area contributed by atoms with Gasteiger partial charge < -0.3 is 15.4 Å². The van der Waals surface area contributed by atoms with Crippen LogP contribution in [0.1, 0.15) is 37.6 Å². The fourth-order valence-electron chi connectivity index (χ4n) is 2.30. The molecule has 1 aromatic rings. The molecule has 0 fully saturated rings. The van der Waals surface area contributed by atoms with E-state index >= 15 is 0 Å². The van der Waals surface area contributed by atoms with Gasteiger partial charge in [0.1, 0.15) is 6.04 Å². The van der Waals surface area contributed by atoms with Gasteiger partial charge in [0.05, 0.1) is 6.61 Å². The maximum Gasteiger partial charge on any atom is 0.260 e. The average Bonchev–Trinajstić information content (AvgIpc) is 2.59. The van der Waals surface area contributed by atoms with Crippen molar-refractivity contribution in [3.05, 3.63) is 34.9 Å². The van der Waals surface area contributed by atoms with Gasteiger partial charge in [-0.25, -0.2) is 0 Å². The van der Waals surface area contributed by atoms with E-state index in [1.165, 1.54) is 0 Å². The van der Waals surface area contributed by atoms with E-state index < -0.39 is 6.04 Å². The number of rotatable bonds is 8. The molecule has 0 saturated carbocycles. The third-order valence-corrected chi connectivity index (χ3v) is 4.00. The average molecular weight is 415 g/mol. The van der Waals surface area contributed by atoms with Crippen LogP contribution in [0.3, 0.4) is 0 Å². The third-order valence-electron chi connectivity index (χ3n) is 3.53. The first kappa shape index (κ1) is 23.1. The molecular formula is C18H27ClN4O3S. The molecule has 27 heavy (non-hydrogen) atoms. The van der Waals surface area contributed by atoms with Crippen molar-refractivity contribution < 1.29 is 14.3 Å². The quantitative estimate of drug-likeness (QED) is 0.384. The summed E-state index contributed by atoms with van der Waals surface area (Å²) in [5, 5.41) is 6.52. The highest BCUT2D eigenvalue weighted by Crippen LogP contribution is 2.11. The summed E-state index contributed by atoms with van der Waals surface area (Å²) in [6.45, 7) is 6.32. The lowest BCUT2D eigenvalue weighted by atomic mass is 10.0. The highest BCUT2D eigenvalue weighted by molar-refractivity contribution is 7.80. The summed E-state index contributed by atoms with van der Waals surface area (Å²) in [5.41, 5.74) is 5.60. The van der Waals surface area contributed by atoms with Crippen LogP contribution in [-0.4, -0.2) is 42.7 Å². The number of halogens is 1. The number of amides is 2. The van der Waals surface area contributed by atoms with Crippen LogP contribution in [0.25, 0.3) is 0 Å². The zero-order chi connectivity index (χ0) is 20.4. The van der Waals surface area contributed by atoms with E-state index in [1.54, 1.807) is 31.4 Å². The largest absolute Gasteiger partial charge is 0.383 e. The van der Waals surface area contributed by atoms with Crippen LogP contribution in [0.4, 0.5) is 0 Å². The molecule has 150 valence electrons. The highest BCUT2D eigenvalue weighted by Gasteiger charge is 2.22. The Morgan fingerprint density at radius 1 is 1.11 bits per heavy atom. The fraction of sp³-hybridized carbons (Fsp3) is 0.500. The van der Waals surface area contributed by atoms with E-state index in [0.717, 1.165) is 0 Å². The predicted molar refractivity (Wildman–Crippen MR) is 111 cm³/mol. The summed E-state index contributed by atoms with van der Waals surface area (Å²) >= 11 is 11.0. The van der Waals surface area contributed by atoms with Crippen molar-refractivity contribution in [2.45, 2.75) is 39.3 Å². The summed E-state index contributed by atoms with van der Waals surface area (Å²) in [5.74, 6) is -0.519. The lowest BCUT2D eigenvalue weighted by Crippen LogP contribution is -2.55. The first-order chi connectivity index (χ1) is 12.7. The second kappa shape index (κ2) is 11.7. The van der Waals surface area contributed by atoms with Gasteiger partial charge in [0, 0.05) is 23.7 Å². The van der Waals surface area contributed by atoms with Gasteiger partial charge in [-0.2, -0.15) is 0 Å². The second-order valence-electron chi connectivity index (χ2n) is 6.61. The zero-order valence-electron chi connectivity index (χ0n) is 16.0. The molecule has 0 heterocycles. The number of hydrogen-bond donors (Lipinski definition) is 4. The summed E-state index contributed by atoms with van der Waals surface area (Å²) in [7, 11) is 1.59. The Labute approximate surface area is 170 Å². The number of methoxy groups -OCH3 is 1. The van der Waals surface area contributed by atoms with Crippen molar-refractivity contribution in [2.75, 3.05) is 13.7 Å². The van der Waals surface area contributed by atoms with Crippen molar-refractivity contribution in [1.29, 1.82) is 0 Å².